The molecule has 2 atom stereocenters. The van der Waals surface area contributed by atoms with Gasteiger partial charge in [0.25, 0.3) is 0 Å². The second-order valence-corrected chi connectivity index (χ2v) is 15.6. The van der Waals surface area contributed by atoms with E-state index in [0.717, 1.165) is 5.56 Å². The average Bonchev–Trinajstić information content (AvgIpc) is 2.40. The van der Waals surface area contributed by atoms with Gasteiger partial charge in [-0.05, 0) is 56.6 Å². The Kier molecular flexibility index (Phi) is 7.01. The van der Waals surface area contributed by atoms with Crippen LogP contribution in [0.5, 0.6) is 0 Å². The molecule has 0 saturated carbocycles. The summed E-state index contributed by atoms with van der Waals surface area (Å²) in [6.07, 6.45) is 1.32. The molecule has 0 heterocycles. The molecule has 0 aliphatic carbocycles. The van der Waals surface area contributed by atoms with Crippen molar-refractivity contribution >= 4 is 37.1 Å². The van der Waals surface area contributed by atoms with E-state index in [0.29, 0.717) is 5.02 Å². The van der Waals surface area contributed by atoms with E-state index >= 15 is 0 Å². The Bertz CT molecular complexity index is 618. The number of nitrogens with zero attached hydrogens (tertiary/aromatic N) is 1. The van der Waals surface area contributed by atoms with Crippen molar-refractivity contribution in [2.24, 2.45) is 4.40 Å². The van der Waals surface area contributed by atoms with Crippen molar-refractivity contribution in [3.8, 4) is 0 Å². The van der Waals surface area contributed by atoms with Gasteiger partial charge in [-0.25, -0.2) is 4.21 Å². The van der Waals surface area contributed by atoms with Gasteiger partial charge in [-0.1, -0.05) is 44.5 Å². The molecule has 3 nitrogen and oxygen atoms in total. The fourth-order valence-corrected chi connectivity index (χ4v) is 3.55. The maximum Gasteiger partial charge on any atom is 0.193 e. The van der Waals surface area contributed by atoms with Crippen molar-refractivity contribution in [3.05, 3.63) is 34.9 Å². The minimum absolute atomic E-state index is 0.0703. The van der Waals surface area contributed by atoms with E-state index in [1.807, 2.05) is 45.0 Å². The third kappa shape index (κ3) is 6.10. The lowest BCUT2D eigenvalue weighted by Gasteiger charge is -2.38. The van der Waals surface area contributed by atoms with Crippen LogP contribution in [-0.4, -0.2) is 23.5 Å². The summed E-state index contributed by atoms with van der Waals surface area (Å²) in [5, 5.41) is 0.725. The monoisotopic (exact) mass is 387 g/mol. The molecule has 0 spiro atoms. The third-order valence-corrected chi connectivity index (χ3v) is 10.3. The number of hydrogen-bond acceptors (Lipinski definition) is 2. The summed E-state index contributed by atoms with van der Waals surface area (Å²) >= 11 is 6.14. The largest absolute Gasteiger partial charge is 0.405 e. The summed E-state index contributed by atoms with van der Waals surface area (Å²) in [5.74, 6) is 0. The predicted octanol–water partition coefficient (Wildman–Crippen LogP) is 5.94. The smallest absolute Gasteiger partial charge is 0.193 e. The van der Waals surface area contributed by atoms with Crippen LogP contribution in [0.4, 0.5) is 0 Å². The van der Waals surface area contributed by atoms with Gasteiger partial charge in [-0.15, -0.1) is 0 Å². The van der Waals surface area contributed by atoms with E-state index in [2.05, 4.69) is 38.3 Å². The van der Waals surface area contributed by atoms with Gasteiger partial charge in [-0.2, -0.15) is 4.40 Å². The summed E-state index contributed by atoms with van der Waals surface area (Å²) in [7, 11) is -3.33. The summed E-state index contributed by atoms with van der Waals surface area (Å²) in [5.41, 5.74) is 0.932. The van der Waals surface area contributed by atoms with E-state index in [9.17, 15) is 4.21 Å². The van der Waals surface area contributed by atoms with Crippen molar-refractivity contribution in [2.75, 3.05) is 0 Å². The van der Waals surface area contributed by atoms with Crippen LogP contribution >= 0.6 is 11.6 Å². The van der Waals surface area contributed by atoms with E-state index < -0.39 is 24.1 Å². The average molecular weight is 388 g/mol. The molecular formula is C18H30ClNO2SSi. The van der Waals surface area contributed by atoms with E-state index in [1.54, 1.807) is 6.21 Å². The maximum atomic E-state index is 12.3. The van der Waals surface area contributed by atoms with Crippen molar-refractivity contribution in [1.29, 1.82) is 0 Å². The van der Waals surface area contributed by atoms with Gasteiger partial charge in [0.2, 0.25) is 0 Å². The molecule has 0 fully saturated rings. The highest BCUT2D eigenvalue weighted by molar-refractivity contribution is 7.85. The Balaban J connectivity index is 3.18. The Morgan fingerprint density at radius 3 is 2.25 bits per heavy atom. The molecule has 0 aromatic heterocycles. The van der Waals surface area contributed by atoms with Crippen LogP contribution in [0.1, 0.15) is 53.2 Å². The molecule has 0 amide bonds. The lowest BCUT2D eigenvalue weighted by molar-refractivity contribution is 0.251. The van der Waals surface area contributed by atoms with Gasteiger partial charge in [0.15, 0.2) is 8.32 Å². The molecule has 1 aromatic carbocycles. The molecule has 24 heavy (non-hydrogen) atoms. The van der Waals surface area contributed by atoms with Crippen LogP contribution in [0, 0.1) is 0 Å². The standard InChI is InChI=1S/C18H30ClNO2SSi/c1-17(2,3)23(21)20-13-16(14-10-9-11-15(19)12-14)22-24(7,8)18(4,5)6/h9-13,16H,1-8H3. The topological polar surface area (TPSA) is 38.7 Å². The second kappa shape index (κ2) is 7.81. The lowest BCUT2D eigenvalue weighted by Crippen LogP contribution is -2.42. The molecule has 6 heteroatoms. The fraction of sp³-hybridized carbons (Fsp3) is 0.611. The highest BCUT2D eigenvalue weighted by Gasteiger charge is 2.39. The van der Waals surface area contributed by atoms with Crippen molar-refractivity contribution in [2.45, 2.75) is 70.5 Å². The molecule has 0 aliphatic rings. The first kappa shape index (κ1) is 21.5. The zero-order valence-electron chi connectivity index (χ0n) is 16.0. The van der Waals surface area contributed by atoms with Crippen molar-refractivity contribution in [3.63, 3.8) is 0 Å². The van der Waals surface area contributed by atoms with Crippen LogP contribution in [0.2, 0.25) is 23.2 Å². The first-order valence-electron chi connectivity index (χ1n) is 8.13. The minimum atomic E-state index is -2.02. The van der Waals surface area contributed by atoms with E-state index in [1.165, 1.54) is 0 Å². The molecule has 0 saturated heterocycles. The Morgan fingerprint density at radius 2 is 1.79 bits per heavy atom. The zero-order valence-corrected chi connectivity index (χ0v) is 18.6. The highest BCUT2D eigenvalue weighted by atomic mass is 35.5. The fourth-order valence-electron chi connectivity index (χ4n) is 1.63. The second-order valence-electron chi connectivity index (χ2n) is 8.47. The van der Waals surface area contributed by atoms with Crippen LogP contribution < -0.4 is 0 Å². The van der Waals surface area contributed by atoms with Crippen LogP contribution in [-0.2, 0) is 15.4 Å². The van der Waals surface area contributed by atoms with Gasteiger partial charge in [-0.3, -0.25) is 0 Å². The van der Waals surface area contributed by atoms with Gasteiger partial charge >= 0.3 is 0 Å². The number of halogens is 1. The summed E-state index contributed by atoms with van der Waals surface area (Å²) in [6.45, 7) is 16.7. The third-order valence-electron chi connectivity index (χ3n) is 4.22. The van der Waals surface area contributed by atoms with Crippen molar-refractivity contribution < 1.29 is 8.63 Å². The maximum absolute atomic E-state index is 12.3. The highest BCUT2D eigenvalue weighted by Crippen LogP contribution is 2.39. The van der Waals surface area contributed by atoms with Crippen LogP contribution in [0.25, 0.3) is 0 Å². The van der Waals surface area contributed by atoms with Gasteiger partial charge in [0.1, 0.15) is 17.1 Å². The lowest BCUT2D eigenvalue weighted by atomic mass is 10.1. The quantitative estimate of drug-likeness (QED) is 0.463. The van der Waals surface area contributed by atoms with Crippen LogP contribution in [0.3, 0.4) is 0 Å². The summed E-state index contributed by atoms with van der Waals surface area (Å²) in [6, 6.07) is 7.58. The molecule has 136 valence electrons. The summed E-state index contributed by atoms with van der Waals surface area (Å²) in [4.78, 5) is 0. The molecule has 1 aromatic rings. The van der Waals surface area contributed by atoms with Crippen LogP contribution in [0.15, 0.2) is 28.7 Å². The first-order chi connectivity index (χ1) is 10.7. The molecule has 0 N–H and O–H groups in total. The number of rotatable bonds is 5. The summed E-state index contributed by atoms with van der Waals surface area (Å²) < 4.78 is 22.6. The van der Waals surface area contributed by atoms with Gasteiger partial charge in [0.05, 0.1) is 4.75 Å². The Hall–Kier alpha value is -0.493. The Labute approximate surface area is 155 Å². The molecule has 1 rings (SSSR count). The van der Waals surface area contributed by atoms with E-state index in [4.69, 9.17) is 16.0 Å². The number of benzene rings is 1. The van der Waals surface area contributed by atoms with Gasteiger partial charge in [0, 0.05) is 11.2 Å². The van der Waals surface area contributed by atoms with Gasteiger partial charge < -0.3 is 4.43 Å². The zero-order chi connectivity index (χ0) is 18.8. The first-order valence-corrected chi connectivity index (χ1v) is 12.5. The SMILES string of the molecule is CC(C)(C)S(=O)N=CC(O[Si](C)(C)C(C)(C)C)c1cccc(Cl)c1. The minimum Gasteiger partial charge on any atom is -0.405 e. The molecule has 0 bridgehead atoms. The number of hydrogen-bond donors (Lipinski definition) is 0. The van der Waals surface area contributed by atoms with Crippen molar-refractivity contribution in [1.82, 2.24) is 0 Å². The molecule has 2 unspecified atom stereocenters. The molecular weight excluding hydrogens is 358 g/mol. The molecule has 0 radical (unpaired) electrons. The predicted molar refractivity (Wildman–Crippen MR) is 109 cm³/mol. The normalized spacial score (nSPS) is 16.4. The Morgan fingerprint density at radius 1 is 1.21 bits per heavy atom. The van der Waals surface area contributed by atoms with E-state index in [-0.39, 0.29) is 11.1 Å². The molecule has 0 aliphatic heterocycles.